The van der Waals surface area contributed by atoms with Gasteiger partial charge in [-0.3, -0.25) is 9.59 Å². The van der Waals surface area contributed by atoms with Crippen LogP contribution >= 0.6 is 0 Å². The normalized spacial score (nSPS) is 10.7. The van der Waals surface area contributed by atoms with E-state index in [9.17, 15) is 9.59 Å². The Morgan fingerprint density at radius 1 is 1.24 bits per heavy atom. The van der Waals surface area contributed by atoms with Gasteiger partial charge in [-0.05, 0) is 6.92 Å². The van der Waals surface area contributed by atoms with Gasteiger partial charge in [0.1, 0.15) is 0 Å². The van der Waals surface area contributed by atoms with E-state index in [0.29, 0.717) is 28.8 Å². The summed E-state index contributed by atoms with van der Waals surface area (Å²) in [5, 5.41) is 0.362. The summed E-state index contributed by atoms with van der Waals surface area (Å²) >= 11 is 0. The van der Waals surface area contributed by atoms with Gasteiger partial charge in [0.05, 0.1) is 16.5 Å². The number of aromatic nitrogens is 3. The quantitative estimate of drug-likeness (QED) is 0.690. The standard InChI is InChI=1S/C16H13N3O2/c1-2-19-9-12(10-20)14-13(16(19)21)8-17-15(18-14)11-6-4-3-5-7-11/h3-10H,2H2,1H3. The van der Waals surface area contributed by atoms with Crippen molar-refractivity contribution in [2.75, 3.05) is 0 Å². The maximum absolute atomic E-state index is 12.2. The van der Waals surface area contributed by atoms with Crippen LogP contribution in [0, 0.1) is 0 Å². The topological polar surface area (TPSA) is 64.8 Å². The predicted molar refractivity (Wildman–Crippen MR) is 80.3 cm³/mol. The molecule has 0 N–H and O–H groups in total. The molecule has 0 amide bonds. The number of pyridine rings is 1. The van der Waals surface area contributed by atoms with Crippen molar-refractivity contribution in [3.8, 4) is 11.4 Å². The van der Waals surface area contributed by atoms with E-state index in [1.54, 1.807) is 6.20 Å². The molecule has 2 aromatic heterocycles. The Balaban J connectivity index is 2.32. The first-order chi connectivity index (χ1) is 10.2. The number of aryl methyl sites for hydroxylation is 1. The molecule has 2 heterocycles. The highest BCUT2D eigenvalue weighted by Crippen LogP contribution is 2.18. The molecule has 0 unspecified atom stereocenters. The van der Waals surface area contributed by atoms with Crippen molar-refractivity contribution >= 4 is 17.2 Å². The Morgan fingerprint density at radius 2 is 2.00 bits per heavy atom. The molecule has 0 saturated carbocycles. The van der Waals surface area contributed by atoms with Crippen LogP contribution < -0.4 is 5.56 Å². The Hall–Kier alpha value is -2.82. The summed E-state index contributed by atoms with van der Waals surface area (Å²) < 4.78 is 1.48. The molecular formula is C16H13N3O2. The lowest BCUT2D eigenvalue weighted by atomic mass is 10.1. The number of hydrogen-bond acceptors (Lipinski definition) is 4. The molecule has 0 radical (unpaired) electrons. The van der Waals surface area contributed by atoms with E-state index in [0.717, 1.165) is 11.8 Å². The molecule has 0 atom stereocenters. The van der Waals surface area contributed by atoms with Gasteiger partial charge in [0.2, 0.25) is 0 Å². The third kappa shape index (κ3) is 2.23. The molecule has 1 aromatic carbocycles. The SMILES string of the molecule is CCn1cc(C=O)c2nc(-c3ccccc3)ncc2c1=O. The van der Waals surface area contributed by atoms with Crippen LogP contribution in [0.25, 0.3) is 22.3 Å². The summed E-state index contributed by atoms with van der Waals surface area (Å²) in [4.78, 5) is 32.2. The maximum atomic E-state index is 12.2. The van der Waals surface area contributed by atoms with Crippen LogP contribution in [0.1, 0.15) is 17.3 Å². The number of aldehydes is 1. The van der Waals surface area contributed by atoms with Crippen LogP contribution in [0.3, 0.4) is 0 Å². The van der Waals surface area contributed by atoms with Gasteiger partial charge in [0.25, 0.3) is 5.56 Å². The number of carbonyl (C=O) groups excluding carboxylic acids is 1. The summed E-state index contributed by atoms with van der Waals surface area (Å²) in [6, 6.07) is 9.45. The minimum absolute atomic E-state index is 0.183. The molecule has 3 rings (SSSR count). The van der Waals surface area contributed by atoms with E-state index in [2.05, 4.69) is 9.97 Å². The van der Waals surface area contributed by atoms with Gasteiger partial charge in [0.15, 0.2) is 12.1 Å². The minimum Gasteiger partial charge on any atom is -0.314 e. The molecule has 0 fully saturated rings. The van der Waals surface area contributed by atoms with Crippen LogP contribution in [-0.4, -0.2) is 20.8 Å². The lowest BCUT2D eigenvalue weighted by Gasteiger charge is -2.07. The molecular weight excluding hydrogens is 266 g/mol. The number of fused-ring (bicyclic) bond motifs is 1. The molecule has 0 aliphatic rings. The second-order valence-corrected chi connectivity index (χ2v) is 4.62. The zero-order chi connectivity index (χ0) is 14.8. The van der Waals surface area contributed by atoms with E-state index in [-0.39, 0.29) is 5.56 Å². The van der Waals surface area contributed by atoms with Gasteiger partial charge in [-0.1, -0.05) is 30.3 Å². The largest absolute Gasteiger partial charge is 0.314 e. The summed E-state index contributed by atoms with van der Waals surface area (Å²) in [6.45, 7) is 2.34. The summed E-state index contributed by atoms with van der Waals surface area (Å²) in [7, 11) is 0. The van der Waals surface area contributed by atoms with E-state index in [1.165, 1.54) is 10.8 Å². The van der Waals surface area contributed by atoms with Crippen molar-refractivity contribution in [3.05, 3.63) is 58.6 Å². The van der Waals surface area contributed by atoms with Gasteiger partial charge in [0, 0.05) is 24.5 Å². The number of carbonyl (C=O) groups is 1. The van der Waals surface area contributed by atoms with E-state index in [1.807, 2.05) is 37.3 Å². The van der Waals surface area contributed by atoms with Crippen LogP contribution in [0.4, 0.5) is 0 Å². The predicted octanol–water partition coefficient (Wildman–Crippen LogP) is 2.29. The van der Waals surface area contributed by atoms with Crippen LogP contribution in [0.5, 0.6) is 0 Å². The van der Waals surface area contributed by atoms with Crippen molar-refractivity contribution in [3.63, 3.8) is 0 Å². The smallest absolute Gasteiger partial charge is 0.261 e. The van der Waals surface area contributed by atoms with E-state index in [4.69, 9.17) is 0 Å². The number of nitrogens with zero attached hydrogens (tertiary/aromatic N) is 3. The molecule has 5 heteroatoms. The lowest BCUT2D eigenvalue weighted by Crippen LogP contribution is -2.20. The zero-order valence-corrected chi connectivity index (χ0v) is 11.5. The monoisotopic (exact) mass is 279 g/mol. The molecule has 0 saturated heterocycles. The Bertz CT molecular complexity index is 870. The van der Waals surface area contributed by atoms with Crippen LogP contribution in [0.2, 0.25) is 0 Å². The summed E-state index contributed by atoms with van der Waals surface area (Å²) in [6.07, 6.45) is 3.75. The van der Waals surface area contributed by atoms with Crippen molar-refractivity contribution < 1.29 is 4.79 Å². The third-order valence-electron chi connectivity index (χ3n) is 3.35. The van der Waals surface area contributed by atoms with Gasteiger partial charge in [-0.25, -0.2) is 9.97 Å². The highest BCUT2D eigenvalue weighted by atomic mass is 16.1. The minimum atomic E-state index is -0.183. The molecule has 0 aliphatic carbocycles. The first-order valence-corrected chi connectivity index (χ1v) is 6.65. The molecule has 21 heavy (non-hydrogen) atoms. The fraction of sp³-hybridized carbons (Fsp3) is 0.125. The molecule has 0 aliphatic heterocycles. The Morgan fingerprint density at radius 3 is 2.67 bits per heavy atom. The molecule has 0 bridgehead atoms. The number of hydrogen-bond donors (Lipinski definition) is 0. The third-order valence-corrected chi connectivity index (χ3v) is 3.35. The van der Waals surface area contributed by atoms with Gasteiger partial charge in [-0.15, -0.1) is 0 Å². The molecule has 0 spiro atoms. The molecule has 3 aromatic rings. The maximum Gasteiger partial charge on any atom is 0.261 e. The fourth-order valence-corrected chi connectivity index (χ4v) is 2.25. The van der Waals surface area contributed by atoms with Crippen LogP contribution in [-0.2, 0) is 6.54 Å². The Labute approximate surface area is 120 Å². The van der Waals surface area contributed by atoms with E-state index >= 15 is 0 Å². The zero-order valence-electron chi connectivity index (χ0n) is 11.5. The van der Waals surface area contributed by atoms with Crippen molar-refractivity contribution in [1.82, 2.24) is 14.5 Å². The van der Waals surface area contributed by atoms with Gasteiger partial charge < -0.3 is 4.57 Å². The van der Waals surface area contributed by atoms with E-state index < -0.39 is 0 Å². The van der Waals surface area contributed by atoms with Crippen molar-refractivity contribution in [1.29, 1.82) is 0 Å². The van der Waals surface area contributed by atoms with Gasteiger partial charge in [-0.2, -0.15) is 0 Å². The number of rotatable bonds is 3. The summed E-state index contributed by atoms with van der Waals surface area (Å²) in [5.74, 6) is 0.500. The Kier molecular flexibility index (Phi) is 3.31. The van der Waals surface area contributed by atoms with Crippen LogP contribution in [0.15, 0.2) is 47.5 Å². The van der Waals surface area contributed by atoms with Crippen molar-refractivity contribution in [2.24, 2.45) is 0 Å². The highest BCUT2D eigenvalue weighted by molar-refractivity contribution is 5.95. The first-order valence-electron chi connectivity index (χ1n) is 6.65. The van der Waals surface area contributed by atoms with Gasteiger partial charge >= 0.3 is 0 Å². The fourth-order valence-electron chi connectivity index (χ4n) is 2.25. The second-order valence-electron chi connectivity index (χ2n) is 4.62. The first kappa shape index (κ1) is 13.2. The molecule has 104 valence electrons. The lowest BCUT2D eigenvalue weighted by molar-refractivity contribution is 0.112. The number of benzene rings is 1. The average molecular weight is 279 g/mol. The highest BCUT2D eigenvalue weighted by Gasteiger charge is 2.11. The summed E-state index contributed by atoms with van der Waals surface area (Å²) in [5.41, 5.74) is 1.45. The van der Waals surface area contributed by atoms with Crippen molar-refractivity contribution in [2.45, 2.75) is 13.5 Å². The molecule has 5 nitrogen and oxygen atoms in total. The average Bonchev–Trinajstić information content (AvgIpc) is 2.56. The second kappa shape index (κ2) is 5.28.